The van der Waals surface area contributed by atoms with Gasteiger partial charge in [0.05, 0.1) is 6.20 Å². The Morgan fingerprint density at radius 1 is 1.11 bits per heavy atom. The van der Waals surface area contributed by atoms with Crippen molar-refractivity contribution in [1.29, 1.82) is 0 Å². The van der Waals surface area contributed by atoms with Gasteiger partial charge >= 0.3 is 0 Å². The molecule has 2 nitrogen and oxygen atoms in total. The molecule has 0 bridgehead atoms. The zero-order chi connectivity index (χ0) is 12.4. The van der Waals surface area contributed by atoms with Crippen molar-refractivity contribution < 1.29 is 4.39 Å². The van der Waals surface area contributed by atoms with Gasteiger partial charge in [0.2, 0.25) is 0 Å². The molecule has 1 heterocycles. The van der Waals surface area contributed by atoms with Crippen LogP contribution >= 0.6 is 0 Å². The standard InChI is InChI=1S/C15H15FN2/c16-14-7-13(9-17-10-14)12-3-1-11(2-4-12)8-18-15-5-6-15/h1-4,7,9-10,15,18H,5-6,8H2. The number of halogens is 1. The molecule has 0 aliphatic heterocycles. The molecule has 1 aromatic carbocycles. The van der Waals surface area contributed by atoms with Gasteiger partial charge in [-0.15, -0.1) is 0 Å². The van der Waals surface area contributed by atoms with Crippen LogP contribution < -0.4 is 5.32 Å². The van der Waals surface area contributed by atoms with Gasteiger partial charge in [-0.05, 0) is 30.0 Å². The Morgan fingerprint density at radius 2 is 1.89 bits per heavy atom. The van der Waals surface area contributed by atoms with Crippen molar-refractivity contribution in [1.82, 2.24) is 10.3 Å². The van der Waals surface area contributed by atoms with E-state index >= 15 is 0 Å². The number of aromatic nitrogens is 1. The van der Waals surface area contributed by atoms with E-state index in [2.05, 4.69) is 22.4 Å². The first-order valence-corrected chi connectivity index (χ1v) is 6.24. The summed E-state index contributed by atoms with van der Waals surface area (Å²) in [7, 11) is 0. The molecule has 1 N–H and O–H groups in total. The van der Waals surface area contributed by atoms with Gasteiger partial charge in [0, 0.05) is 24.3 Å². The lowest BCUT2D eigenvalue weighted by molar-refractivity contribution is 0.622. The Morgan fingerprint density at radius 3 is 2.56 bits per heavy atom. The molecular weight excluding hydrogens is 227 g/mol. The maximum absolute atomic E-state index is 13.1. The van der Waals surface area contributed by atoms with Crippen LogP contribution in [0.4, 0.5) is 4.39 Å². The summed E-state index contributed by atoms with van der Waals surface area (Å²) in [4.78, 5) is 3.86. The summed E-state index contributed by atoms with van der Waals surface area (Å²) >= 11 is 0. The number of benzene rings is 1. The maximum atomic E-state index is 13.1. The molecule has 3 heteroatoms. The van der Waals surface area contributed by atoms with Crippen LogP contribution in [0.5, 0.6) is 0 Å². The third kappa shape index (κ3) is 2.74. The molecule has 1 aliphatic carbocycles. The molecule has 0 radical (unpaired) electrons. The Hall–Kier alpha value is -1.74. The quantitative estimate of drug-likeness (QED) is 0.891. The lowest BCUT2D eigenvalue weighted by atomic mass is 10.1. The minimum atomic E-state index is -0.299. The van der Waals surface area contributed by atoms with E-state index in [1.807, 2.05) is 12.1 Å². The number of nitrogens with one attached hydrogen (secondary N) is 1. The Balaban J connectivity index is 1.73. The van der Waals surface area contributed by atoms with Crippen LogP contribution in [0.2, 0.25) is 0 Å². The molecule has 0 unspecified atom stereocenters. The molecule has 1 aliphatic rings. The topological polar surface area (TPSA) is 24.9 Å². The highest BCUT2D eigenvalue weighted by Crippen LogP contribution is 2.21. The van der Waals surface area contributed by atoms with Crippen molar-refractivity contribution >= 4 is 0 Å². The lowest BCUT2D eigenvalue weighted by Crippen LogP contribution is -2.14. The first kappa shape index (κ1) is 11.4. The van der Waals surface area contributed by atoms with Crippen LogP contribution in [-0.2, 0) is 6.54 Å². The molecule has 92 valence electrons. The van der Waals surface area contributed by atoms with Crippen molar-refractivity contribution in [2.24, 2.45) is 0 Å². The largest absolute Gasteiger partial charge is 0.310 e. The predicted octanol–water partition coefficient (Wildman–Crippen LogP) is 3.14. The minimum absolute atomic E-state index is 0.299. The van der Waals surface area contributed by atoms with Gasteiger partial charge in [0.1, 0.15) is 5.82 Å². The third-order valence-corrected chi connectivity index (χ3v) is 3.16. The van der Waals surface area contributed by atoms with Crippen LogP contribution in [0.3, 0.4) is 0 Å². The predicted molar refractivity (Wildman–Crippen MR) is 69.5 cm³/mol. The van der Waals surface area contributed by atoms with Crippen LogP contribution in [0, 0.1) is 5.82 Å². The average molecular weight is 242 g/mol. The van der Waals surface area contributed by atoms with Gasteiger partial charge in [0.15, 0.2) is 0 Å². The van der Waals surface area contributed by atoms with Gasteiger partial charge < -0.3 is 5.32 Å². The van der Waals surface area contributed by atoms with Gasteiger partial charge in [-0.2, -0.15) is 0 Å². The highest BCUT2D eigenvalue weighted by atomic mass is 19.1. The van der Waals surface area contributed by atoms with E-state index in [0.29, 0.717) is 0 Å². The summed E-state index contributed by atoms with van der Waals surface area (Å²) < 4.78 is 13.1. The van der Waals surface area contributed by atoms with Crippen LogP contribution in [0.15, 0.2) is 42.7 Å². The molecule has 1 fully saturated rings. The fourth-order valence-electron chi connectivity index (χ4n) is 1.93. The van der Waals surface area contributed by atoms with E-state index in [9.17, 15) is 4.39 Å². The van der Waals surface area contributed by atoms with E-state index in [1.165, 1.54) is 30.7 Å². The molecule has 3 rings (SSSR count). The summed E-state index contributed by atoms with van der Waals surface area (Å²) in [6.07, 6.45) is 5.50. The highest BCUT2D eigenvalue weighted by molar-refractivity contribution is 5.62. The molecule has 0 spiro atoms. The lowest BCUT2D eigenvalue weighted by Gasteiger charge is -2.05. The normalized spacial score (nSPS) is 14.7. The molecule has 2 aromatic rings. The second-order valence-corrected chi connectivity index (χ2v) is 4.74. The highest BCUT2D eigenvalue weighted by Gasteiger charge is 2.19. The summed E-state index contributed by atoms with van der Waals surface area (Å²) in [5.41, 5.74) is 3.07. The molecule has 0 saturated heterocycles. The second kappa shape index (κ2) is 4.86. The number of pyridine rings is 1. The summed E-state index contributed by atoms with van der Waals surface area (Å²) in [6.45, 7) is 0.909. The fraction of sp³-hybridized carbons (Fsp3) is 0.267. The maximum Gasteiger partial charge on any atom is 0.142 e. The smallest absolute Gasteiger partial charge is 0.142 e. The van der Waals surface area contributed by atoms with E-state index < -0.39 is 0 Å². The van der Waals surface area contributed by atoms with E-state index in [0.717, 1.165) is 23.7 Å². The van der Waals surface area contributed by atoms with Gasteiger partial charge in [-0.3, -0.25) is 4.98 Å². The Labute approximate surface area is 106 Å². The van der Waals surface area contributed by atoms with Crippen molar-refractivity contribution in [2.75, 3.05) is 0 Å². The van der Waals surface area contributed by atoms with E-state index in [1.54, 1.807) is 6.20 Å². The Kier molecular flexibility index (Phi) is 3.07. The number of nitrogens with zero attached hydrogens (tertiary/aromatic N) is 1. The summed E-state index contributed by atoms with van der Waals surface area (Å²) in [5, 5.41) is 3.47. The number of rotatable bonds is 4. The molecular formula is C15H15FN2. The van der Waals surface area contributed by atoms with E-state index in [4.69, 9.17) is 0 Å². The van der Waals surface area contributed by atoms with Crippen LogP contribution in [0.25, 0.3) is 11.1 Å². The van der Waals surface area contributed by atoms with Crippen molar-refractivity contribution in [3.8, 4) is 11.1 Å². The Bertz CT molecular complexity index is 532. The first-order chi connectivity index (χ1) is 8.81. The van der Waals surface area contributed by atoms with Crippen LogP contribution in [-0.4, -0.2) is 11.0 Å². The van der Waals surface area contributed by atoms with Crippen LogP contribution in [0.1, 0.15) is 18.4 Å². The van der Waals surface area contributed by atoms with E-state index in [-0.39, 0.29) is 5.82 Å². The summed E-state index contributed by atoms with van der Waals surface area (Å²) in [5.74, 6) is -0.299. The van der Waals surface area contributed by atoms with Gasteiger partial charge in [0.25, 0.3) is 0 Å². The summed E-state index contributed by atoms with van der Waals surface area (Å²) in [6, 6.07) is 10.4. The van der Waals surface area contributed by atoms with Gasteiger partial charge in [-0.1, -0.05) is 24.3 Å². The minimum Gasteiger partial charge on any atom is -0.310 e. The van der Waals surface area contributed by atoms with Crippen molar-refractivity contribution in [3.05, 3.63) is 54.1 Å². The molecule has 0 amide bonds. The zero-order valence-electron chi connectivity index (χ0n) is 10.1. The fourth-order valence-corrected chi connectivity index (χ4v) is 1.93. The molecule has 18 heavy (non-hydrogen) atoms. The molecule has 1 aromatic heterocycles. The van der Waals surface area contributed by atoms with Crippen molar-refractivity contribution in [2.45, 2.75) is 25.4 Å². The second-order valence-electron chi connectivity index (χ2n) is 4.74. The monoisotopic (exact) mass is 242 g/mol. The number of hydrogen-bond donors (Lipinski definition) is 1. The number of hydrogen-bond acceptors (Lipinski definition) is 2. The average Bonchev–Trinajstić information content (AvgIpc) is 3.21. The molecule has 0 atom stereocenters. The SMILES string of the molecule is Fc1cncc(-c2ccc(CNC3CC3)cc2)c1. The third-order valence-electron chi connectivity index (χ3n) is 3.16. The zero-order valence-corrected chi connectivity index (χ0v) is 10.1. The van der Waals surface area contributed by atoms with Crippen molar-refractivity contribution in [3.63, 3.8) is 0 Å². The van der Waals surface area contributed by atoms with Gasteiger partial charge in [-0.25, -0.2) is 4.39 Å². The first-order valence-electron chi connectivity index (χ1n) is 6.24. The molecule has 1 saturated carbocycles.